The number of rotatable bonds is 10. The van der Waals surface area contributed by atoms with Crippen molar-refractivity contribution in [1.82, 2.24) is 14.3 Å². The average Bonchev–Trinajstić information content (AvgIpc) is 2.45. The highest BCUT2D eigenvalue weighted by molar-refractivity contribution is 7.98. The lowest BCUT2D eigenvalue weighted by molar-refractivity contribution is 0.261. The van der Waals surface area contributed by atoms with Gasteiger partial charge in [-0.15, -0.1) is 0 Å². The van der Waals surface area contributed by atoms with Gasteiger partial charge in [0.05, 0.1) is 0 Å². The number of nitrogens with one attached hydrogen (secondary N) is 2. The second-order valence-corrected chi connectivity index (χ2v) is 8.75. The lowest BCUT2D eigenvalue weighted by atomic mass is 9.98. The maximum Gasteiger partial charge on any atom is 0.279 e. The Bertz CT molecular complexity index is 366. The molecule has 0 unspecified atom stereocenters. The monoisotopic (exact) mass is 337 g/mol. The first-order valence-electron chi connectivity index (χ1n) is 7.92. The molecular formula is C14H31N3O2S2. The Balaban J connectivity index is 2.25. The van der Waals surface area contributed by atoms with Gasteiger partial charge < -0.3 is 5.32 Å². The van der Waals surface area contributed by atoms with E-state index < -0.39 is 10.2 Å². The van der Waals surface area contributed by atoms with E-state index in [1.807, 2.05) is 0 Å². The van der Waals surface area contributed by atoms with Crippen molar-refractivity contribution < 1.29 is 8.42 Å². The van der Waals surface area contributed by atoms with Gasteiger partial charge in [0, 0.05) is 25.7 Å². The highest BCUT2D eigenvalue weighted by Gasteiger charge is 2.27. The molecule has 1 saturated heterocycles. The zero-order valence-electron chi connectivity index (χ0n) is 13.6. The number of piperidine rings is 1. The van der Waals surface area contributed by atoms with Crippen molar-refractivity contribution in [3.05, 3.63) is 0 Å². The molecular weight excluding hydrogens is 306 g/mol. The fourth-order valence-electron chi connectivity index (χ4n) is 2.42. The first kappa shape index (κ1) is 19.2. The van der Waals surface area contributed by atoms with Crippen LogP contribution < -0.4 is 10.0 Å². The number of hydrogen-bond acceptors (Lipinski definition) is 4. The smallest absolute Gasteiger partial charge is 0.279 e. The van der Waals surface area contributed by atoms with E-state index in [4.69, 9.17) is 0 Å². The summed E-state index contributed by atoms with van der Waals surface area (Å²) in [6.07, 6.45) is 5.95. The van der Waals surface area contributed by atoms with Crippen LogP contribution >= 0.6 is 11.8 Å². The van der Waals surface area contributed by atoms with E-state index in [2.05, 4.69) is 30.1 Å². The number of thioether (sulfide) groups is 1. The van der Waals surface area contributed by atoms with Crippen LogP contribution in [0.3, 0.4) is 0 Å². The van der Waals surface area contributed by atoms with Crippen molar-refractivity contribution in [2.75, 3.05) is 38.2 Å². The third kappa shape index (κ3) is 7.83. The first-order valence-corrected chi connectivity index (χ1v) is 10.8. The van der Waals surface area contributed by atoms with Crippen LogP contribution in [-0.4, -0.2) is 57.0 Å². The minimum absolute atomic E-state index is 0.495. The maximum absolute atomic E-state index is 12.2. The van der Waals surface area contributed by atoms with E-state index in [-0.39, 0.29) is 0 Å². The molecule has 126 valence electrons. The summed E-state index contributed by atoms with van der Waals surface area (Å²) in [7, 11) is -3.27. The highest BCUT2D eigenvalue weighted by atomic mass is 32.2. The van der Waals surface area contributed by atoms with E-state index in [1.165, 1.54) is 0 Å². The zero-order chi connectivity index (χ0) is 15.7. The van der Waals surface area contributed by atoms with E-state index in [9.17, 15) is 8.42 Å². The molecule has 0 aromatic carbocycles. The lowest BCUT2D eigenvalue weighted by Crippen LogP contribution is -2.46. The van der Waals surface area contributed by atoms with Gasteiger partial charge in [0.1, 0.15) is 0 Å². The topological polar surface area (TPSA) is 61.4 Å². The van der Waals surface area contributed by atoms with Gasteiger partial charge in [-0.1, -0.05) is 13.8 Å². The van der Waals surface area contributed by atoms with Crippen LogP contribution in [0, 0.1) is 5.92 Å². The summed E-state index contributed by atoms with van der Waals surface area (Å²) < 4.78 is 28.7. The average molecular weight is 338 g/mol. The normalized spacial score (nSPS) is 18.5. The second-order valence-electron chi connectivity index (χ2n) is 6.00. The molecule has 1 fully saturated rings. The molecule has 2 N–H and O–H groups in total. The van der Waals surface area contributed by atoms with Crippen LogP contribution in [0.1, 0.15) is 39.5 Å². The fourth-order valence-corrected chi connectivity index (χ4v) is 4.19. The summed E-state index contributed by atoms with van der Waals surface area (Å²) in [4.78, 5) is 0. The Morgan fingerprint density at radius 2 is 1.90 bits per heavy atom. The third-order valence-electron chi connectivity index (χ3n) is 3.79. The largest absolute Gasteiger partial charge is 0.314 e. The summed E-state index contributed by atoms with van der Waals surface area (Å²) in [5.74, 6) is 1.69. The minimum Gasteiger partial charge on any atom is -0.314 e. The molecule has 5 nitrogen and oxygen atoms in total. The number of unbranched alkanes of at least 4 members (excludes halogenated alkanes) is 1. The standard InChI is InChI=1S/C14H31N3O2S2/c1-13(2)15-12-14-6-9-17(10-7-14)21(18,19)16-8-4-5-11-20-3/h13-16H,4-12H2,1-3H3. The molecule has 0 bridgehead atoms. The Hall–Kier alpha value is 0.180. The minimum atomic E-state index is -3.27. The molecule has 0 radical (unpaired) electrons. The molecule has 0 aliphatic carbocycles. The van der Waals surface area contributed by atoms with Crippen LogP contribution in [0.5, 0.6) is 0 Å². The molecule has 0 atom stereocenters. The summed E-state index contributed by atoms with van der Waals surface area (Å²) in [5.41, 5.74) is 0. The molecule has 0 aromatic rings. The molecule has 0 spiro atoms. The lowest BCUT2D eigenvalue weighted by Gasteiger charge is -2.31. The Labute approximate surface area is 134 Å². The summed E-state index contributed by atoms with van der Waals surface area (Å²) in [5, 5.41) is 3.44. The summed E-state index contributed by atoms with van der Waals surface area (Å²) in [6.45, 7) is 7.11. The first-order chi connectivity index (χ1) is 9.95. The van der Waals surface area contributed by atoms with Crippen molar-refractivity contribution in [3.8, 4) is 0 Å². The van der Waals surface area contributed by atoms with Gasteiger partial charge in [-0.05, 0) is 50.2 Å². The van der Waals surface area contributed by atoms with Crippen molar-refractivity contribution in [1.29, 1.82) is 0 Å². The maximum atomic E-state index is 12.2. The molecule has 1 aliphatic heterocycles. The molecule has 0 amide bonds. The van der Waals surface area contributed by atoms with E-state index in [0.29, 0.717) is 31.6 Å². The van der Waals surface area contributed by atoms with Crippen LogP contribution in [0.25, 0.3) is 0 Å². The van der Waals surface area contributed by atoms with Gasteiger partial charge in [0.15, 0.2) is 0 Å². The summed E-state index contributed by atoms with van der Waals surface area (Å²) >= 11 is 1.80. The van der Waals surface area contributed by atoms with Crippen molar-refractivity contribution in [3.63, 3.8) is 0 Å². The van der Waals surface area contributed by atoms with Crippen LogP contribution in [0.15, 0.2) is 0 Å². The Kier molecular flexibility index (Phi) is 9.20. The van der Waals surface area contributed by atoms with E-state index >= 15 is 0 Å². The Morgan fingerprint density at radius 3 is 2.48 bits per heavy atom. The quantitative estimate of drug-likeness (QED) is 0.595. The second kappa shape index (κ2) is 10.0. The molecule has 1 rings (SSSR count). The van der Waals surface area contributed by atoms with Crippen molar-refractivity contribution in [2.45, 2.75) is 45.6 Å². The van der Waals surface area contributed by atoms with Crippen molar-refractivity contribution >= 4 is 22.0 Å². The van der Waals surface area contributed by atoms with Gasteiger partial charge in [-0.25, -0.2) is 4.72 Å². The highest BCUT2D eigenvalue weighted by Crippen LogP contribution is 2.18. The van der Waals surface area contributed by atoms with Gasteiger partial charge in [0.2, 0.25) is 0 Å². The molecule has 0 saturated carbocycles. The van der Waals surface area contributed by atoms with E-state index in [1.54, 1.807) is 16.1 Å². The van der Waals surface area contributed by atoms with Crippen molar-refractivity contribution in [2.24, 2.45) is 5.92 Å². The third-order valence-corrected chi connectivity index (χ3v) is 6.10. The number of nitrogens with zero attached hydrogens (tertiary/aromatic N) is 1. The van der Waals surface area contributed by atoms with E-state index in [0.717, 1.165) is 38.0 Å². The SMILES string of the molecule is CSCCCCNS(=O)(=O)N1CCC(CNC(C)C)CC1. The van der Waals surface area contributed by atoms with Crippen LogP contribution in [0.4, 0.5) is 0 Å². The van der Waals surface area contributed by atoms with Crippen LogP contribution in [0.2, 0.25) is 0 Å². The predicted molar refractivity (Wildman–Crippen MR) is 92.0 cm³/mol. The summed E-state index contributed by atoms with van der Waals surface area (Å²) in [6, 6.07) is 0.495. The number of hydrogen-bond donors (Lipinski definition) is 2. The molecule has 21 heavy (non-hydrogen) atoms. The Morgan fingerprint density at radius 1 is 1.24 bits per heavy atom. The van der Waals surface area contributed by atoms with Crippen LogP contribution in [-0.2, 0) is 10.2 Å². The molecule has 1 aliphatic rings. The molecule has 0 aromatic heterocycles. The fraction of sp³-hybridized carbons (Fsp3) is 1.00. The zero-order valence-corrected chi connectivity index (χ0v) is 15.2. The van der Waals surface area contributed by atoms with Gasteiger partial charge in [-0.3, -0.25) is 0 Å². The van der Waals surface area contributed by atoms with Gasteiger partial charge >= 0.3 is 0 Å². The molecule has 7 heteroatoms. The van der Waals surface area contributed by atoms with Gasteiger partial charge in [-0.2, -0.15) is 24.5 Å². The predicted octanol–water partition coefficient (Wildman–Crippen LogP) is 1.67. The van der Waals surface area contributed by atoms with Gasteiger partial charge in [0.25, 0.3) is 10.2 Å². The molecule has 1 heterocycles.